The van der Waals surface area contributed by atoms with Gasteiger partial charge in [0.15, 0.2) is 5.69 Å². The Morgan fingerprint density at radius 1 is 1.03 bits per heavy atom. The van der Waals surface area contributed by atoms with Crippen LogP contribution in [0, 0.1) is 0 Å². The van der Waals surface area contributed by atoms with Crippen LogP contribution in [0.3, 0.4) is 0 Å². The summed E-state index contributed by atoms with van der Waals surface area (Å²) in [6, 6.07) is 7.91. The van der Waals surface area contributed by atoms with Crippen LogP contribution in [0.1, 0.15) is 77.9 Å². The molecular formula is C24H34N2O4S. The van der Waals surface area contributed by atoms with E-state index in [0.717, 1.165) is 12.8 Å². The number of carbonyl (C=O) groups excluding carboxylic acids is 2. The molecule has 0 saturated heterocycles. The van der Waals surface area contributed by atoms with E-state index < -0.39 is 5.97 Å². The van der Waals surface area contributed by atoms with Crippen LogP contribution in [0.5, 0.6) is 0 Å². The highest BCUT2D eigenvalue weighted by molar-refractivity contribution is 7.09. The number of carbonyl (C=O) groups is 2. The number of hydrogen-bond acceptors (Lipinski definition) is 6. The summed E-state index contributed by atoms with van der Waals surface area (Å²) >= 11 is 1.36. The summed E-state index contributed by atoms with van der Waals surface area (Å²) < 4.78 is 10.4. The van der Waals surface area contributed by atoms with Gasteiger partial charge in [0.1, 0.15) is 5.01 Å². The first-order chi connectivity index (χ1) is 15.1. The summed E-state index contributed by atoms with van der Waals surface area (Å²) in [6.45, 7) is 8.39. The minimum absolute atomic E-state index is 0.0375. The smallest absolute Gasteiger partial charge is 0.357 e. The minimum Gasteiger partial charge on any atom is -0.461 e. The number of rotatable bonds is 14. The van der Waals surface area contributed by atoms with Crippen LogP contribution in [0.2, 0.25) is 0 Å². The van der Waals surface area contributed by atoms with E-state index in [-0.39, 0.29) is 5.91 Å². The molecule has 0 aliphatic carbocycles. The number of esters is 1. The van der Waals surface area contributed by atoms with E-state index in [1.165, 1.54) is 36.2 Å². The second-order valence-electron chi connectivity index (χ2n) is 7.28. The standard InChI is InChI=1S/C24H34N2O4S/c1-4-7-8-10-19-11-13-20(14-12-19)23(27)26(15-9-16-29-5-2)17-22-25-21(18-31-22)24(28)30-6-3/h11-14,18H,4-10,15-17H2,1-3H3. The lowest BCUT2D eigenvalue weighted by atomic mass is 10.0. The molecule has 170 valence electrons. The average Bonchev–Trinajstić information content (AvgIpc) is 3.25. The molecule has 1 heterocycles. The molecule has 0 unspecified atom stereocenters. The van der Waals surface area contributed by atoms with Gasteiger partial charge in [-0.2, -0.15) is 0 Å². The van der Waals surface area contributed by atoms with Gasteiger partial charge < -0.3 is 14.4 Å². The predicted molar refractivity (Wildman–Crippen MR) is 124 cm³/mol. The fourth-order valence-electron chi connectivity index (χ4n) is 3.18. The third-order valence-electron chi connectivity index (χ3n) is 4.84. The van der Waals surface area contributed by atoms with Crippen LogP contribution in [0.25, 0.3) is 0 Å². The van der Waals surface area contributed by atoms with Crippen LogP contribution in [-0.4, -0.2) is 48.1 Å². The monoisotopic (exact) mass is 446 g/mol. The fourth-order valence-corrected chi connectivity index (χ4v) is 3.95. The number of aromatic nitrogens is 1. The molecule has 2 rings (SSSR count). The van der Waals surface area contributed by atoms with Gasteiger partial charge >= 0.3 is 5.97 Å². The molecule has 0 aliphatic heterocycles. The average molecular weight is 447 g/mol. The number of amides is 1. The second-order valence-corrected chi connectivity index (χ2v) is 8.22. The lowest BCUT2D eigenvalue weighted by Crippen LogP contribution is -2.32. The summed E-state index contributed by atoms with van der Waals surface area (Å²) in [5.41, 5.74) is 2.21. The highest BCUT2D eigenvalue weighted by atomic mass is 32.1. The molecule has 0 N–H and O–H groups in total. The van der Waals surface area contributed by atoms with Crippen molar-refractivity contribution in [2.75, 3.05) is 26.4 Å². The van der Waals surface area contributed by atoms with E-state index in [9.17, 15) is 9.59 Å². The van der Waals surface area contributed by atoms with Crippen molar-refractivity contribution in [1.29, 1.82) is 0 Å². The SMILES string of the molecule is CCCCCc1ccc(C(=O)N(CCCOCC)Cc2nc(C(=O)OCC)cs2)cc1. The number of hydrogen-bond donors (Lipinski definition) is 0. The molecule has 1 aromatic carbocycles. The molecule has 0 spiro atoms. The maximum Gasteiger partial charge on any atom is 0.357 e. The third kappa shape index (κ3) is 8.42. The number of ether oxygens (including phenoxy) is 2. The summed E-state index contributed by atoms with van der Waals surface area (Å²) in [5, 5.41) is 2.39. The molecule has 0 saturated carbocycles. The Morgan fingerprint density at radius 3 is 2.48 bits per heavy atom. The number of thiazole rings is 1. The Hall–Kier alpha value is -2.25. The molecule has 0 atom stereocenters. The van der Waals surface area contributed by atoms with E-state index >= 15 is 0 Å². The van der Waals surface area contributed by atoms with Crippen molar-refractivity contribution in [2.24, 2.45) is 0 Å². The van der Waals surface area contributed by atoms with E-state index in [2.05, 4.69) is 11.9 Å². The second kappa shape index (κ2) is 13.9. The largest absolute Gasteiger partial charge is 0.461 e. The maximum atomic E-state index is 13.2. The molecule has 31 heavy (non-hydrogen) atoms. The molecule has 0 radical (unpaired) electrons. The Bertz CT molecular complexity index is 804. The molecule has 0 bridgehead atoms. The van der Waals surface area contributed by atoms with Crippen LogP contribution >= 0.6 is 11.3 Å². The maximum absolute atomic E-state index is 13.2. The normalized spacial score (nSPS) is 10.8. The van der Waals surface area contributed by atoms with Crippen LogP contribution in [0.4, 0.5) is 0 Å². The zero-order valence-corrected chi connectivity index (χ0v) is 19.7. The van der Waals surface area contributed by atoms with Gasteiger partial charge in [-0.3, -0.25) is 4.79 Å². The van der Waals surface area contributed by atoms with Gasteiger partial charge in [-0.15, -0.1) is 11.3 Å². The Morgan fingerprint density at radius 2 is 1.81 bits per heavy atom. The molecule has 6 nitrogen and oxygen atoms in total. The van der Waals surface area contributed by atoms with Crippen molar-refractivity contribution < 1.29 is 19.1 Å². The molecule has 1 aromatic heterocycles. The highest BCUT2D eigenvalue weighted by Gasteiger charge is 2.19. The molecule has 1 amide bonds. The van der Waals surface area contributed by atoms with Gasteiger partial charge in [0.05, 0.1) is 13.2 Å². The summed E-state index contributed by atoms with van der Waals surface area (Å²) in [5.74, 6) is -0.470. The zero-order chi connectivity index (χ0) is 22.5. The first-order valence-corrected chi connectivity index (χ1v) is 12.0. The van der Waals surface area contributed by atoms with E-state index in [1.54, 1.807) is 17.2 Å². The van der Waals surface area contributed by atoms with E-state index in [1.807, 2.05) is 31.2 Å². The Kier molecular flexibility index (Phi) is 11.2. The van der Waals surface area contributed by atoms with Crippen LogP contribution in [-0.2, 0) is 22.4 Å². The van der Waals surface area contributed by atoms with Gasteiger partial charge in [0.25, 0.3) is 5.91 Å². The van der Waals surface area contributed by atoms with E-state index in [4.69, 9.17) is 9.47 Å². The fraction of sp³-hybridized carbons (Fsp3) is 0.542. The predicted octanol–water partition coefficient (Wildman–Crippen LogP) is 5.12. The van der Waals surface area contributed by atoms with Gasteiger partial charge in [0.2, 0.25) is 0 Å². The number of nitrogens with zero attached hydrogens (tertiary/aromatic N) is 2. The van der Waals surface area contributed by atoms with E-state index in [0.29, 0.717) is 49.2 Å². The number of unbranched alkanes of at least 4 members (excludes halogenated alkanes) is 2. The van der Waals surface area contributed by atoms with Gasteiger partial charge in [-0.1, -0.05) is 31.9 Å². The van der Waals surface area contributed by atoms with Gasteiger partial charge in [-0.05, 0) is 50.8 Å². The summed E-state index contributed by atoms with van der Waals surface area (Å²) in [6.07, 6.45) is 5.36. The molecule has 0 fully saturated rings. The molecule has 0 aliphatic rings. The van der Waals surface area contributed by atoms with Gasteiger partial charge in [0, 0.05) is 30.7 Å². The Balaban J connectivity index is 2.07. The number of aryl methyl sites for hydroxylation is 1. The molecule has 7 heteroatoms. The van der Waals surface area contributed by atoms with Crippen molar-refractivity contribution in [1.82, 2.24) is 9.88 Å². The minimum atomic E-state index is -0.433. The first kappa shape index (κ1) is 25.0. The lowest BCUT2D eigenvalue weighted by molar-refractivity contribution is 0.0520. The van der Waals surface area contributed by atoms with Crippen molar-refractivity contribution in [2.45, 2.75) is 59.4 Å². The molecule has 2 aromatic rings. The van der Waals surface area contributed by atoms with Crippen LogP contribution < -0.4 is 0 Å². The van der Waals surface area contributed by atoms with Crippen molar-refractivity contribution in [3.63, 3.8) is 0 Å². The van der Waals surface area contributed by atoms with Crippen molar-refractivity contribution in [3.05, 3.63) is 51.5 Å². The summed E-state index contributed by atoms with van der Waals surface area (Å²) in [7, 11) is 0. The number of benzene rings is 1. The Labute approximate surface area is 189 Å². The van der Waals surface area contributed by atoms with Gasteiger partial charge in [-0.25, -0.2) is 9.78 Å². The van der Waals surface area contributed by atoms with Crippen LogP contribution in [0.15, 0.2) is 29.6 Å². The topological polar surface area (TPSA) is 68.7 Å². The molecular weight excluding hydrogens is 412 g/mol. The zero-order valence-electron chi connectivity index (χ0n) is 18.9. The third-order valence-corrected chi connectivity index (χ3v) is 5.67. The first-order valence-electron chi connectivity index (χ1n) is 11.2. The quantitative estimate of drug-likeness (QED) is 0.297. The lowest BCUT2D eigenvalue weighted by Gasteiger charge is -2.22. The van der Waals surface area contributed by atoms with Crippen molar-refractivity contribution in [3.8, 4) is 0 Å². The highest BCUT2D eigenvalue weighted by Crippen LogP contribution is 2.17. The van der Waals surface area contributed by atoms with Crippen molar-refractivity contribution >= 4 is 23.2 Å². The summed E-state index contributed by atoms with van der Waals surface area (Å²) in [4.78, 5) is 31.2.